The van der Waals surface area contributed by atoms with Gasteiger partial charge in [-0.15, -0.1) is 6.58 Å². The second-order valence-electron chi connectivity index (χ2n) is 5.06. The van der Waals surface area contributed by atoms with E-state index in [9.17, 15) is 9.59 Å². The normalized spacial score (nSPS) is 18.6. The van der Waals surface area contributed by atoms with Crippen LogP contribution in [0.1, 0.15) is 19.3 Å². The largest absolute Gasteiger partial charge is 0.481 e. The number of carboxylic acid groups (broad SMARTS) is 1. The Morgan fingerprint density at radius 3 is 2.90 bits per heavy atom. The number of rotatable bonds is 7. The van der Waals surface area contributed by atoms with Crippen molar-refractivity contribution in [3.63, 3.8) is 0 Å². The number of carboxylic acids is 1. The smallest absolute Gasteiger partial charge is 0.320 e. The van der Waals surface area contributed by atoms with Gasteiger partial charge in [-0.2, -0.15) is 0 Å². The van der Waals surface area contributed by atoms with Crippen LogP contribution in [0.2, 0.25) is 0 Å². The molecule has 1 rings (SSSR count). The number of piperidine rings is 1. The molecule has 114 valence electrons. The molecule has 0 radical (unpaired) electrons. The Morgan fingerprint density at radius 1 is 1.55 bits per heavy atom. The summed E-state index contributed by atoms with van der Waals surface area (Å²) in [5, 5.41) is 8.86. The van der Waals surface area contributed by atoms with Gasteiger partial charge in [-0.05, 0) is 18.8 Å². The highest BCUT2D eigenvalue weighted by molar-refractivity contribution is 5.75. The number of methoxy groups -OCH3 is 1. The summed E-state index contributed by atoms with van der Waals surface area (Å²) in [5.74, 6) is -0.746. The van der Waals surface area contributed by atoms with Crippen LogP contribution in [-0.4, -0.2) is 66.8 Å². The number of aliphatic carboxylic acids is 1. The van der Waals surface area contributed by atoms with Crippen LogP contribution in [0, 0.1) is 5.92 Å². The molecule has 0 aromatic carbocycles. The van der Waals surface area contributed by atoms with Crippen molar-refractivity contribution >= 4 is 12.0 Å². The number of carbonyl (C=O) groups excluding carboxylic acids is 1. The Morgan fingerprint density at radius 2 is 2.30 bits per heavy atom. The second-order valence-corrected chi connectivity index (χ2v) is 5.06. The van der Waals surface area contributed by atoms with Crippen LogP contribution >= 0.6 is 0 Å². The molecule has 1 unspecified atom stereocenters. The molecule has 0 bridgehead atoms. The number of amides is 2. The lowest BCUT2D eigenvalue weighted by Gasteiger charge is -2.35. The Kier molecular flexibility index (Phi) is 7.08. The minimum Gasteiger partial charge on any atom is -0.481 e. The lowest BCUT2D eigenvalue weighted by atomic mass is 9.95. The van der Waals surface area contributed by atoms with Crippen molar-refractivity contribution < 1.29 is 19.4 Å². The molecule has 0 saturated carbocycles. The van der Waals surface area contributed by atoms with Gasteiger partial charge in [0.25, 0.3) is 0 Å². The van der Waals surface area contributed by atoms with Crippen molar-refractivity contribution in [2.75, 3.05) is 39.9 Å². The van der Waals surface area contributed by atoms with Crippen LogP contribution in [0.5, 0.6) is 0 Å². The van der Waals surface area contributed by atoms with E-state index in [2.05, 4.69) is 6.58 Å². The average Bonchev–Trinajstić information content (AvgIpc) is 2.42. The molecule has 1 atom stereocenters. The first-order chi connectivity index (χ1) is 9.58. The first-order valence-electron chi connectivity index (χ1n) is 6.94. The maximum atomic E-state index is 12.4. The van der Waals surface area contributed by atoms with Gasteiger partial charge in [-0.3, -0.25) is 4.79 Å². The predicted molar refractivity (Wildman–Crippen MR) is 75.6 cm³/mol. The quantitative estimate of drug-likeness (QED) is 0.718. The maximum absolute atomic E-state index is 12.4. The van der Waals surface area contributed by atoms with E-state index in [0.717, 1.165) is 12.8 Å². The van der Waals surface area contributed by atoms with Gasteiger partial charge in [0.05, 0.1) is 6.61 Å². The standard InChI is InChI=1S/C14H24N2O4/c1-3-6-15(8-9-20-2)14(19)16-7-4-5-12(11-16)10-13(17)18/h3,12H,1,4-11H2,2H3,(H,17,18). The minimum absolute atomic E-state index is 0.0539. The third-order valence-corrected chi connectivity index (χ3v) is 3.44. The summed E-state index contributed by atoms with van der Waals surface area (Å²) in [6.07, 6.45) is 3.54. The van der Waals surface area contributed by atoms with E-state index in [1.165, 1.54) is 0 Å². The van der Waals surface area contributed by atoms with Crippen LogP contribution in [0.25, 0.3) is 0 Å². The number of likely N-dealkylation sites (tertiary alicyclic amines) is 1. The van der Waals surface area contributed by atoms with Gasteiger partial charge in [0.15, 0.2) is 0 Å². The molecular formula is C14H24N2O4. The van der Waals surface area contributed by atoms with Crippen molar-refractivity contribution in [1.29, 1.82) is 0 Å². The summed E-state index contributed by atoms with van der Waals surface area (Å²) < 4.78 is 5.01. The van der Waals surface area contributed by atoms with E-state index >= 15 is 0 Å². The molecule has 1 N–H and O–H groups in total. The molecule has 1 aliphatic rings. The Balaban J connectivity index is 2.58. The molecule has 1 fully saturated rings. The molecule has 6 nitrogen and oxygen atoms in total. The van der Waals surface area contributed by atoms with Crippen molar-refractivity contribution in [1.82, 2.24) is 9.80 Å². The predicted octanol–water partition coefficient (Wildman–Crippen LogP) is 1.43. The zero-order valence-corrected chi connectivity index (χ0v) is 12.1. The summed E-state index contributed by atoms with van der Waals surface area (Å²) >= 11 is 0. The third-order valence-electron chi connectivity index (χ3n) is 3.44. The van der Waals surface area contributed by atoms with E-state index in [1.807, 2.05) is 0 Å². The number of nitrogens with zero attached hydrogens (tertiary/aromatic N) is 2. The monoisotopic (exact) mass is 284 g/mol. The number of urea groups is 1. The van der Waals surface area contributed by atoms with Gasteiger partial charge in [0.2, 0.25) is 0 Å². The lowest BCUT2D eigenvalue weighted by molar-refractivity contribution is -0.138. The van der Waals surface area contributed by atoms with Crippen molar-refractivity contribution in [2.24, 2.45) is 5.92 Å². The van der Waals surface area contributed by atoms with Crippen LogP contribution < -0.4 is 0 Å². The molecule has 0 aliphatic carbocycles. The second kappa shape index (κ2) is 8.58. The minimum atomic E-state index is -0.799. The van der Waals surface area contributed by atoms with Gasteiger partial charge in [0, 0.05) is 39.7 Å². The van der Waals surface area contributed by atoms with Gasteiger partial charge < -0.3 is 19.6 Å². The van der Waals surface area contributed by atoms with Crippen molar-refractivity contribution in [3.05, 3.63) is 12.7 Å². The highest BCUT2D eigenvalue weighted by Gasteiger charge is 2.27. The fraction of sp³-hybridized carbons (Fsp3) is 0.714. The van der Waals surface area contributed by atoms with Gasteiger partial charge >= 0.3 is 12.0 Å². The first kappa shape index (κ1) is 16.5. The first-order valence-corrected chi connectivity index (χ1v) is 6.94. The molecule has 1 heterocycles. The Hall–Kier alpha value is -1.56. The Labute approximate surface area is 120 Å². The third kappa shape index (κ3) is 5.21. The van der Waals surface area contributed by atoms with Crippen LogP contribution in [-0.2, 0) is 9.53 Å². The molecule has 1 saturated heterocycles. The average molecular weight is 284 g/mol. The zero-order chi connectivity index (χ0) is 15.0. The van der Waals surface area contributed by atoms with Crippen molar-refractivity contribution in [3.8, 4) is 0 Å². The molecule has 0 aromatic rings. The summed E-state index contributed by atoms with van der Waals surface area (Å²) in [6.45, 7) is 6.34. The van der Waals surface area contributed by atoms with E-state index < -0.39 is 5.97 Å². The fourth-order valence-electron chi connectivity index (χ4n) is 2.47. The zero-order valence-electron chi connectivity index (χ0n) is 12.1. The Bertz CT molecular complexity index is 346. The summed E-state index contributed by atoms with van der Waals surface area (Å²) in [6, 6.07) is -0.0583. The summed E-state index contributed by atoms with van der Waals surface area (Å²) in [5.41, 5.74) is 0. The topological polar surface area (TPSA) is 70.1 Å². The molecule has 0 spiro atoms. The van der Waals surface area contributed by atoms with Crippen molar-refractivity contribution in [2.45, 2.75) is 19.3 Å². The summed E-state index contributed by atoms with van der Waals surface area (Å²) in [4.78, 5) is 26.6. The highest BCUT2D eigenvalue weighted by Crippen LogP contribution is 2.20. The van der Waals surface area contributed by atoms with Gasteiger partial charge in [-0.25, -0.2) is 4.79 Å². The van der Waals surface area contributed by atoms with Gasteiger partial charge in [-0.1, -0.05) is 6.08 Å². The number of ether oxygens (including phenoxy) is 1. The van der Waals surface area contributed by atoms with E-state index in [1.54, 1.807) is 23.0 Å². The number of carbonyl (C=O) groups is 2. The lowest BCUT2D eigenvalue weighted by Crippen LogP contribution is -2.48. The van der Waals surface area contributed by atoms with E-state index in [0.29, 0.717) is 32.8 Å². The molecular weight excluding hydrogens is 260 g/mol. The van der Waals surface area contributed by atoms with E-state index in [-0.39, 0.29) is 18.4 Å². The molecule has 6 heteroatoms. The van der Waals surface area contributed by atoms with E-state index in [4.69, 9.17) is 9.84 Å². The number of hydrogen-bond acceptors (Lipinski definition) is 3. The van der Waals surface area contributed by atoms with Crippen LogP contribution in [0.15, 0.2) is 12.7 Å². The maximum Gasteiger partial charge on any atom is 0.320 e. The molecule has 1 aliphatic heterocycles. The number of hydrogen-bond donors (Lipinski definition) is 1. The van der Waals surface area contributed by atoms with Crippen LogP contribution in [0.3, 0.4) is 0 Å². The van der Waals surface area contributed by atoms with Crippen LogP contribution in [0.4, 0.5) is 4.79 Å². The molecule has 2 amide bonds. The van der Waals surface area contributed by atoms with Gasteiger partial charge in [0.1, 0.15) is 0 Å². The SMILES string of the molecule is C=CCN(CCOC)C(=O)N1CCCC(CC(=O)O)C1. The molecule has 20 heavy (non-hydrogen) atoms. The fourth-order valence-corrected chi connectivity index (χ4v) is 2.47. The summed E-state index contributed by atoms with van der Waals surface area (Å²) in [7, 11) is 1.60. The molecule has 0 aromatic heterocycles. The highest BCUT2D eigenvalue weighted by atomic mass is 16.5.